The van der Waals surface area contributed by atoms with Crippen LogP contribution in [0.3, 0.4) is 0 Å². The molecular formula is C10H19N5O2. The Hall–Kier alpha value is -1.50. The predicted molar refractivity (Wildman–Crippen MR) is 61.3 cm³/mol. The summed E-state index contributed by atoms with van der Waals surface area (Å²) in [5.74, 6) is -0.238. The Bertz CT molecular complexity index is 315. The number of aromatic nitrogens is 4. The van der Waals surface area contributed by atoms with E-state index in [-0.39, 0.29) is 18.3 Å². The van der Waals surface area contributed by atoms with Gasteiger partial charge in [-0.15, -0.1) is 10.2 Å². The van der Waals surface area contributed by atoms with Gasteiger partial charge in [-0.05, 0) is 11.6 Å². The minimum atomic E-state index is -0.288. The summed E-state index contributed by atoms with van der Waals surface area (Å²) >= 11 is 0. The molecular weight excluding hydrogens is 222 g/mol. The van der Waals surface area contributed by atoms with Gasteiger partial charge in [-0.3, -0.25) is 4.79 Å². The molecule has 1 aromatic heterocycles. The van der Waals surface area contributed by atoms with Gasteiger partial charge in [0, 0.05) is 13.1 Å². The van der Waals surface area contributed by atoms with E-state index in [1.807, 2.05) is 0 Å². The Balaban J connectivity index is 2.44. The van der Waals surface area contributed by atoms with E-state index in [0.717, 1.165) is 25.7 Å². The Morgan fingerprint density at radius 1 is 1.35 bits per heavy atom. The number of hydrogen-bond acceptors (Lipinski definition) is 5. The number of carbonyl (C=O) groups excluding carboxylic acids is 1. The monoisotopic (exact) mass is 241 g/mol. The molecule has 96 valence electrons. The van der Waals surface area contributed by atoms with Gasteiger partial charge < -0.3 is 10.0 Å². The van der Waals surface area contributed by atoms with Crippen LogP contribution in [-0.4, -0.2) is 56.2 Å². The van der Waals surface area contributed by atoms with Gasteiger partial charge in [0.25, 0.3) is 11.7 Å². The van der Waals surface area contributed by atoms with Crippen LogP contribution in [0.5, 0.6) is 0 Å². The zero-order valence-corrected chi connectivity index (χ0v) is 10.1. The number of unbranched alkanes of at least 4 members (excludes halogenated alkanes) is 3. The van der Waals surface area contributed by atoms with Crippen LogP contribution in [0.1, 0.15) is 43.2 Å². The van der Waals surface area contributed by atoms with Crippen molar-refractivity contribution in [3.8, 4) is 0 Å². The second-order valence-electron chi connectivity index (χ2n) is 3.81. The van der Waals surface area contributed by atoms with Gasteiger partial charge in [0.2, 0.25) is 0 Å². The average Bonchev–Trinajstić information content (AvgIpc) is 2.86. The van der Waals surface area contributed by atoms with E-state index < -0.39 is 0 Å². The first-order chi connectivity index (χ1) is 8.29. The van der Waals surface area contributed by atoms with Crippen LogP contribution in [0.15, 0.2) is 0 Å². The van der Waals surface area contributed by atoms with Crippen molar-refractivity contribution in [2.24, 2.45) is 0 Å². The Morgan fingerprint density at radius 3 is 2.76 bits per heavy atom. The second-order valence-corrected chi connectivity index (χ2v) is 3.81. The smallest absolute Gasteiger partial charge is 0.295 e. The lowest BCUT2D eigenvalue weighted by molar-refractivity contribution is 0.0706. The molecule has 0 aliphatic carbocycles. The molecule has 0 aromatic carbocycles. The molecule has 0 bridgehead atoms. The molecule has 17 heavy (non-hydrogen) atoms. The summed E-state index contributed by atoms with van der Waals surface area (Å²) in [7, 11) is 0. The molecule has 1 heterocycles. The standard InChI is InChI=1S/C10H19N5O2/c1-2-3-4-5-6-15(7-8-16)10(17)9-11-13-14-12-9/h16H,2-8H2,1H3,(H,11,12,13,14). The molecule has 0 saturated heterocycles. The zero-order chi connectivity index (χ0) is 12.5. The second kappa shape index (κ2) is 7.72. The molecule has 0 radical (unpaired) electrons. The quantitative estimate of drug-likeness (QED) is 0.634. The highest BCUT2D eigenvalue weighted by molar-refractivity contribution is 5.90. The van der Waals surface area contributed by atoms with Crippen molar-refractivity contribution in [3.05, 3.63) is 5.82 Å². The molecule has 1 aromatic rings. The molecule has 1 amide bonds. The highest BCUT2D eigenvalue weighted by Gasteiger charge is 2.18. The van der Waals surface area contributed by atoms with Crippen molar-refractivity contribution >= 4 is 5.91 Å². The lowest BCUT2D eigenvalue weighted by atomic mass is 10.2. The predicted octanol–water partition coefficient (Wildman–Crippen LogP) is 0.214. The molecule has 0 unspecified atom stereocenters. The molecule has 1 rings (SSSR count). The number of aromatic amines is 1. The number of carbonyl (C=O) groups is 1. The van der Waals surface area contributed by atoms with Gasteiger partial charge >= 0.3 is 0 Å². The third-order valence-corrected chi connectivity index (χ3v) is 2.48. The summed E-state index contributed by atoms with van der Waals surface area (Å²) in [4.78, 5) is 13.4. The average molecular weight is 241 g/mol. The largest absolute Gasteiger partial charge is 0.395 e. The lowest BCUT2D eigenvalue weighted by Gasteiger charge is -2.19. The van der Waals surface area contributed by atoms with Gasteiger partial charge in [0.15, 0.2) is 0 Å². The molecule has 2 N–H and O–H groups in total. The molecule has 0 atom stereocenters. The van der Waals surface area contributed by atoms with Crippen LogP contribution in [-0.2, 0) is 0 Å². The third-order valence-electron chi connectivity index (χ3n) is 2.48. The van der Waals surface area contributed by atoms with Crippen molar-refractivity contribution in [1.82, 2.24) is 25.5 Å². The van der Waals surface area contributed by atoms with Crippen molar-refractivity contribution in [3.63, 3.8) is 0 Å². The first kappa shape index (κ1) is 13.6. The Labute approximate surface area is 100 Å². The summed E-state index contributed by atoms with van der Waals surface area (Å²) in [6, 6.07) is 0. The van der Waals surface area contributed by atoms with Gasteiger partial charge in [0.05, 0.1) is 6.61 Å². The van der Waals surface area contributed by atoms with E-state index in [1.165, 1.54) is 0 Å². The zero-order valence-electron chi connectivity index (χ0n) is 10.1. The summed E-state index contributed by atoms with van der Waals surface area (Å²) in [5.41, 5.74) is 0. The van der Waals surface area contributed by atoms with Crippen LogP contribution in [0.25, 0.3) is 0 Å². The maximum Gasteiger partial charge on any atom is 0.295 e. The number of hydrogen-bond donors (Lipinski definition) is 2. The Morgan fingerprint density at radius 2 is 2.18 bits per heavy atom. The molecule has 0 spiro atoms. The first-order valence-corrected chi connectivity index (χ1v) is 5.93. The maximum absolute atomic E-state index is 11.9. The first-order valence-electron chi connectivity index (χ1n) is 5.93. The number of rotatable bonds is 8. The number of aliphatic hydroxyl groups excluding tert-OH is 1. The minimum Gasteiger partial charge on any atom is -0.395 e. The lowest BCUT2D eigenvalue weighted by Crippen LogP contribution is -2.35. The van der Waals surface area contributed by atoms with Crippen molar-refractivity contribution < 1.29 is 9.90 Å². The van der Waals surface area contributed by atoms with Gasteiger partial charge in [-0.1, -0.05) is 26.2 Å². The summed E-state index contributed by atoms with van der Waals surface area (Å²) in [6.45, 7) is 3.00. The number of aliphatic hydroxyl groups is 1. The van der Waals surface area contributed by atoms with Gasteiger partial charge in [-0.25, -0.2) is 0 Å². The molecule has 0 saturated carbocycles. The number of H-pyrrole nitrogens is 1. The van der Waals surface area contributed by atoms with Crippen molar-refractivity contribution in [2.75, 3.05) is 19.7 Å². The fraction of sp³-hybridized carbons (Fsp3) is 0.800. The van der Waals surface area contributed by atoms with Gasteiger partial charge in [0.1, 0.15) is 0 Å². The highest BCUT2D eigenvalue weighted by Crippen LogP contribution is 2.03. The Kier molecular flexibility index (Phi) is 6.16. The van der Waals surface area contributed by atoms with E-state index in [9.17, 15) is 4.79 Å². The van der Waals surface area contributed by atoms with Crippen LogP contribution in [0.4, 0.5) is 0 Å². The number of tetrazole rings is 1. The third kappa shape index (κ3) is 4.48. The van der Waals surface area contributed by atoms with Crippen molar-refractivity contribution in [2.45, 2.75) is 32.6 Å². The van der Waals surface area contributed by atoms with Gasteiger partial charge in [-0.2, -0.15) is 5.21 Å². The number of nitrogens with one attached hydrogen (secondary N) is 1. The van der Waals surface area contributed by atoms with E-state index in [0.29, 0.717) is 13.1 Å². The molecule has 0 aliphatic heterocycles. The van der Waals surface area contributed by atoms with E-state index in [4.69, 9.17) is 5.11 Å². The van der Waals surface area contributed by atoms with Crippen molar-refractivity contribution in [1.29, 1.82) is 0 Å². The minimum absolute atomic E-state index is 0.0499. The van der Waals surface area contributed by atoms with Crippen LogP contribution in [0, 0.1) is 0 Å². The van der Waals surface area contributed by atoms with E-state index in [1.54, 1.807) is 4.90 Å². The SMILES string of the molecule is CCCCCCN(CCO)C(=O)c1nn[nH]n1. The molecule has 7 nitrogen and oxygen atoms in total. The molecule has 0 fully saturated rings. The maximum atomic E-state index is 11.9. The summed E-state index contributed by atoms with van der Waals surface area (Å²) < 4.78 is 0. The topological polar surface area (TPSA) is 95.0 Å². The molecule has 7 heteroatoms. The highest BCUT2D eigenvalue weighted by atomic mass is 16.3. The fourth-order valence-corrected chi connectivity index (χ4v) is 1.56. The number of nitrogens with zero attached hydrogens (tertiary/aromatic N) is 4. The van der Waals surface area contributed by atoms with E-state index >= 15 is 0 Å². The van der Waals surface area contributed by atoms with E-state index in [2.05, 4.69) is 27.5 Å². The fourth-order valence-electron chi connectivity index (χ4n) is 1.56. The van der Waals surface area contributed by atoms with Crippen LogP contribution in [0.2, 0.25) is 0 Å². The van der Waals surface area contributed by atoms with Crippen LogP contribution < -0.4 is 0 Å². The molecule has 0 aliphatic rings. The summed E-state index contributed by atoms with van der Waals surface area (Å²) in [5, 5.41) is 21.8. The number of amides is 1. The summed E-state index contributed by atoms with van der Waals surface area (Å²) in [6.07, 6.45) is 4.32. The van der Waals surface area contributed by atoms with Crippen LogP contribution >= 0.6 is 0 Å². The normalized spacial score (nSPS) is 10.5.